The van der Waals surface area contributed by atoms with Crippen LogP contribution < -0.4 is 0 Å². The van der Waals surface area contributed by atoms with Gasteiger partial charge in [-0.3, -0.25) is 0 Å². The number of hydrogen-bond acceptors (Lipinski definition) is 1. The molecule has 0 spiro atoms. The van der Waals surface area contributed by atoms with E-state index in [-0.39, 0.29) is 59.5 Å². The van der Waals surface area contributed by atoms with Crippen molar-refractivity contribution in [1.29, 1.82) is 0 Å². The van der Waals surface area contributed by atoms with E-state index >= 15 is 0 Å². The Kier molecular flexibility index (Phi) is 24.9. The van der Waals surface area contributed by atoms with Gasteiger partial charge >= 0.3 is 43.9 Å². The summed E-state index contributed by atoms with van der Waals surface area (Å²) in [6.45, 7) is 0. The van der Waals surface area contributed by atoms with Crippen molar-refractivity contribution < 1.29 is 36.7 Å². The summed E-state index contributed by atoms with van der Waals surface area (Å²) in [7, 11) is 0. The predicted molar refractivity (Wildman–Crippen MR) is 19.2 cm³/mol. The minimum Gasteiger partial charge on any atom is 0 e. The smallest absolute Gasteiger partial charge is 0 e. The molecule has 0 aromatic carbocycles. The summed E-state index contributed by atoms with van der Waals surface area (Å²) in [4.78, 5) is 8.56. The van der Waals surface area contributed by atoms with Crippen molar-refractivity contribution >= 4 is 43.9 Å². The van der Waals surface area contributed by atoms with Gasteiger partial charge in [-0.15, -0.1) is 0 Å². The van der Waals surface area contributed by atoms with Crippen LogP contribution in [0, 0.1) is 0 Å². The molecule has 0 aliphatic heterocycles. The van der Waals surface area contributed by atoms with Gasteiger partial charge in [0.15, 0.2) is 0 Å². The second kappa shape index (κ2) is 9.53. The quantitative estimate of drug-likeness (QED) is 0.451. The zero-order valence-corrected chi connectivity index (χ0v) is 3.86. The Morgan fingerprint density at radius 1 is 1.33 bits per heavy atom. The van der Waals surface area contributed by atoms with Gasteiger partial charge in [0.05, 0.1) is 0 Å². The largest absolute Gasteiger partial charge is 0 e. The van der Waals surface area contributed by atoms with Crippen LogP contribution in [-0.2, 0) is 21.7 Å². The van der Waals surface area contributed by atoms with Crippen molar-refractivity contribution in [3.05, 3.63) is 0 Å². The first-order valence-electron chi connectivity index (χ1n) is 0.651. The van der Waals surface area contributed by atoms with E-state index in [4.69, 9.17) is 15.0 Å². The molecule has 0 saturated heterocycles. The second-order valence-corrected chi connectivity index (χ2v) is 0.283. The standard InChI is InChI=1S/CH2O3.Ca.Ti.2H/c2-1(3)4;;;;/h(H2,2,3,4);;;;. The van der Waals surface area contributed by atoms with Crippen molar-refractivity contribution in [3.8, 4) is 0 Å². The molecular weight excluding hydrogens is 148 g/mol. The number of carboxylic acid groups (broad SMARTS) is 2. The fourth-order valence-corrected chi connectivity index (χ4v) is 0. The van der Waals surface area contributed by atoms with Crippen LogP contribution in [0.3, 0.4) is 0 Å². The summed E-state index contributed by atoms with van der Waals surface area (Å²) >= 11 is 0. The van der Waals surface area contributed by atoms with Crippen LogP contribution in [-0.4, -0.2) is 54.1 Å². The average molecular weight is 152 g/mol. The van der Waals surface area contributed by atoms with E-state index < -0.39 is 6.16 Å². The molecule has 0 aliphatic carbocycles. The van der Waals surface area contributed by atoms with Crippen molar-refractivity contribution in [3.63, 3.8) is 0 Å². The molecule has 3 nitrogen and oxygen atoms in total. The molecule has 0 radical (unpaired) electrons. The molecule has 0 heterocycles. The van der Waals surface area contributed by atoms with Crippen LogP contribution in [0.25, 0.3) is 0 Å². The van der Waals surface area contributed by atoms with Gasteiger partial charge in [-0.2, -0.15) is 0 Å². The molecule has 0 amide bonds. The molecule has 2 N–H and O–H groups in total. The Labute approximate surface area is 79.6 Å². The number of rotatable bonds is 0. The van der Waals surface area contributed by atoms with E-state index in [0.717, 1.165) is 0 Å². The Morgan fingerprint density at radius 3 is 1.33 bits per heavy atom. The average Bonchev–Trinajstić information content (AvgIpc) is 0.811. The molecule has 0 aliphatic rings. The first-order valence-corrected chi connectivity index (χ1v) is 0.651. The van der Waals surface area contributed by atoms with Gasteiger partial charge in [0.1, 0.15) is 0 Å². The molecule has 6 heavy (non-hydrogen) atoms. The maximum absolute atomic E-state index is 8.56. The first-order chi connectivity index (χ1) is 1.73. The Bertz CT molecular complexity index is 33.8. The van der Waals surface area contributed by atoms with Crippen LogP contribution in [0.4, 0.5) is 4.79 Å². The minimum atomic E-state index is -1.83. The summed E-state index contributed by atoms with van der Waals surface area (Å²) in [5.41, 5.74) is 0. The zero-order valence-electron chi connectivity index (χ0n) is 2.30. The Hall–Kier alpha value is 1.24. The third-order valence-electron chi connectivity index (χ3n) is 0. The van der Waals surface area contributed by atoms with Gasteiger partial charge in [-0.05, 0) is 0 Å². The number of hydrogen-bond donors (Lipinski definition) is 2. The Morgan fingerprint density at radius 2 is 1.33 bits per heavy atom. The third kappa shape index (κ3) is 61.0. The molecule has 0 fully saturated rings. The third-order valence-corrected chi connectivity index (χ3v) is 0. The summed E-state index contributed by atoms with van der Waals surface area (Å²) in [5, 5.41) is 13.9. The van der Waals surface area contributed by atoms with Crippen LogP contribution >= 0.6 is 0 Å². The number of carbonyl (C=O) groups is 1. The van der Waals surface area contributed by atoms with Crippen molar-refractivity contribution in [2.45, 2.75) is 0 Å². The molecule has 0 bridgehead atoms. The molecule has 0 atom stereocenters. The van der Waals surface area contributed by atoms with Crippen molar-refractivity contribution in [2.24, 2.45) is 0 Å². The van der Waals surface area contributed by atoms with E-state index in [9.17, 15) is 0 Å². The fraction of sp³-hybridized carbons (Fsp3) is 0. The fourth-order valence-electron chi connectivity index (χ4n) is 0. The monoisotopic (exact) mass is 152 g/mol. The van der Waals surface area contributed by atoms with Gasteiger partial charge in [-0.1, -0.05) is 0 Å². The SMILES string of the molecule is O=C(O)O.[CaH2].[Ti]. The van der Waals surface area contributed by atoms with Gasteiger partial charge in [0, 0.05) is 21.7 Å². The topological polar surface area (TPSA) is 57.5 Å². The summed E-state index contributed by atoms with van der Waals surface area (Å²) < 4.78 is 0. The van der Waals surface area contributed by atoms with Crippen LogP contribution in [0.15, 0.2) is 0 Å². The van der Waals surface area contributed by atoms with E-state index in [2.05, 4.69) is 0 Å². The second-order valence-electron chi connectivity index (χ2n) is 0.283. The molecule has 32 valence electrons. The van der Waals surface area contributed by atoms with E-state index in [1.165, 1.54) is 0 Å². The zero-order chi connectivity index (χ0) is 3.58. The van der Waals surface area contributed by atoms with Gasteiger partial charge in [-0.25, -0.2) is 4.79 Å². The van der Waals surface area contributed by atoms with Crippen molar-refractivity contribution in [2.75, 3.05) is 0 Å². The predicted octanol–water partition coefficient (Wildman–Crippen LogP) is -0.696. The van der Waals surface area contributed by atoms with Gasteiger partial charge < -0.3 is 10.2 Å². The maximum atomic E-state index is 8.56. The molecule has 5 heteroatoms. The Balaban J connectivity index is -0.0000000450. The van der Waals surface area contributed by atoms with E-state index in [1.807, 2.05) is 0 Å². The van der Waals surface area contributed by atoms with E-state index in [1.54, 1.807) is 0 Å². The van der Waals surface area contributed by atoms with Crippen LogP contribution in [0.1, 0.15) is 0 Å². The molecule has 0 unspecified atom stereocenters. The van der Waals surface area contributed by atoms with Gasteiger partial charge in [0.25, 0.3) is 0 Å². The normalized spacial score (nSPS) is 4.00. The summed E-state index contributed by atoms with van der Waals surface area (Å²) in [5.74, 6) is 0. The molecule has 0 aromatic heterocycles. The van der Waals surface area contributed by atoms with Crippen molar-refractivity contribution in [1.82, 2.24) is 0 Å². The molecule has 0 rings (SSSR count). The molecule has 0 saturated carbocycles. The summed E-state index contributed by atoms with van der Waals surface area (Å²) in [6, 6.07) is 0. The first kappa shape index (κ1) is 15.7. The summed E-state index contributed by atoms with van der Waals surface area (Å²) in [6.07, 6.45) is -1.83. The molecule has 0 aromatic rings. The minimum absolute atomic E-state index is 0. The van der Waals surface area contributed by atoms with Crippen LogP contribution in [0.2, 0.25) is 0 Å². The van der Waals surface area contributed by atoms with Crippen LogP contribution in [0.5, 0.6) is 0 Å². The van der Waals surface area contributed by atoms with E-state index in [0.29, 0.717) is 0 Å². The molecular formula is CH4CaO3Ti. The van der Waals surface area contributed by atoms with Gasteiger partial charge in [0.2, 0.25) is 0 Å². The maximum Gasteiger partial charge on any atom is 0 e.